The molecule has 6 N–H and O–H groups in total. The van der Waals surface area contributed by atoms with Crippen LogP contribution >= 0.6 is 35.9 Å². The number of hydrogen-bond acceptors (Lipinski definition) is 22. The van der Waals surface area contributed by atoms with Crippen LogP contribution in [0.1, 0.15) is 178 Å². The van der Waals surface area contributed by atoms with E-state index in [9.17, 15) is 43.8 Å². The monoisotopic (exact) mass is 1490 g/mol. The van der Waals surface area contributed by atoms with Crippen LogP contribution in [0.3, 0.4) is 0 Å². The highest BCUT2D eigenvalue weighted by Crippen LogP contribution is 2.44. The number of ether oxygens (including phenoxy) is 5. The molecule has 0 bridgehead atoms. The van der Waals surface area contributed by atoms with E-state index in [1.54, 1.807) is 44.6 Å². The third-order valence-corrected chi connectivity index (χ3v) is 20.5. The molecule has 7 atom stereocenters. The molecule has 26 heteroatoms. The first kappa shape index (κ1) is 79.2. The van der Waals surface area contributed by atoms with Gasteiger partial charge in [-0.05, 0) is 160 Å². The van der Waals surface area contributed by atoms with E-state index in [2.05, 4.69) is 41.6 Å². The maximum absolute atomic E-state index is 11.9. The summed E-state index contributed by atoms with van der Waals surface area (Å²) in [5.74, 6) is 1.42. The van der Waals surface area contributed by atoms with E-state index in [1.165, 1.54) is 18.0 Å². The summed E-state index contributed by atoms with van der Waals surface area (Å²) in [4.78, 5) is 102. The number of halogens is 1. The summed E-state index contributed by atoms with van der Waals surface area (Å²) in [7, 11) is 0. The first-order valence-electron chi connectivity index (χ1n) is 34.9. The quantitative estimate of drug-likeness (QED) is 0.0410. The highest BCUT2D eigenvalue weighted by Gasteiger charge is 2.44. The van der Waals surface area contributed by atoms with Gasteiger partial charge in [0.2, 0.25) is 11.8 Å². The van der Waals surface area contributed by atoms with Gasteiger partial charge in [-0.15, -0.1) is 12.4 Å². The van der Waals surface area contributed by atoms with Crippen molar-refractivity contribution in [2.45, 2.75) is 164 Å². The molecule has 2 fully saturated rings. The number of aliphatic carboxylic acids is 1. The number of carbonyl (C=O) groups is 7. The van der Waals surface area contributed by atoms with Crippen molar-refractivity contribution in [1.82, 2.24) is 35.6 Å². The fraction of sp³-hybridized carbons (Fsp3) is 0.367. The van der Waals surface area contributed by atoms with Gasteiger partial charge in [0.15, 0.2) is 0 Å². The summed E-state index contributed by atoms with van der Waals surface area (Å²) < 4.78 is 27.4. The minimum atomic E-state index is -0.765. The van der Waals surface area contributed by atoms with Gasteiger partial charge >= 0.3 is 17.9 Å². The molecule has 0 radical (unpaired) electrons. The highest BCUT2D eigenvalue weighted by molar-refractivity contribution is 8.15. The number of aliphatic hydroxyl groups is 1. The number of rotatable bonds is 19. The molecule has 2 unspecified atom stereocenters. The third-order valence-electron chi connectivity index (χ3n) is 18.3. The molecule has 23 nitrogen and oxygen atoms in total. The lowest BCUT2D eigenvalue weighted by atomic mass is 10.0. The Labute approximate surface area is 626 Å². The van der Waals surface area contributed by atoms with Crippen molar-refractivity contribution in [1.29, 1.82) is 0 Å². The maximum Gasteiger partial charge on any atom is 0.306 e. The number of carboxylic acid groups (broad SMARTS) is 1. The molecule has 4 amide bonds. The van der Waals surface area contributed by atoms with Crippen LogP contribution in [0.25, 0.3) is 0 Å². The zero-order valence-electron chi connectivity index (χ0n) is 58.6. The summed E-state index contributed by atoms with van der Waals surface area (Å²) in [6, 6.07) is 39.5. The van der Waals surface area contributed by atoms with Crippen molar-refractivity contribution in [3.63, 3.8) is 0 Å². The molecule has 8 aromatic rings. The molecule has 2 aliphatic heterocycles. The molecule has 5 aliphatic carbocycles. The highest BCUT2D eigenvalue weighted by atomic mass is 35.5. The number of aliphatic hydroxyl groups excluding tert-OH is 1. The summed E-state index contributed by atoms with van der Waals surface area (Å²) in [5, 5.41) is 38.5. The number of nitrogens with one attached hydrogen (secondary N) is 2. The van der Waals surface area contributed by atoms with Gasteiger partial charge in [-0.2, -0.15) is 0 Å². The zero-order chi connectivity index (χ0) is 73.5. The van der Waals surface area contributed by atoms with Crippen molar-refractivity contribution in [2.75, 3.05) is 19.8 Å². The number of fused-ring (bicyclic) bond motifs is 5. The molecule has 556 valence electrons. The summed E-state index contributed by atoms with van der Waals surface area (Å²) in [5.41, 5.74) is 13.4. The van der Waals surface area contributed by atoms with Crippen molar-refractivity contribution in [2.24, 2.45) is 0 Å². The van der Waals surface area contributed by atoms with Gasteiger partial charge in [0.1, 0.15) is 59.1 Å². The fourth-order valence-corrected chi connectivity index (χ4v) is 15.5. The first-order chi connectivity index (χ1) is 50.4. The molecule has 3 aromatic carbocycles. The number of aromatic nitrogens is 5. The van der Waals surface area contributed by atoms with Gasteiger partial charge in [-0.25, -0.2) is 0 Å². The minimum Gasteiger partial charge on any atom is -0.506 e. The predicted octanol–water partition coefficient (Wildman–Crippen LogP) is 13.7. The Kier molecular flexibility index (Phi) is 29.6. The average molecular weight is 1490 g/mol. The molecule has 105 heavy (non-hydrogen) atoms. The number of thioether (sulfide) groups is 2. The van der Waals surface area contributed by atoms with Crippen LogP contribution in [0.2, 0.25) is 0 Å². The molecule has 7 heterocycles. The van der Waals surface area contributed by atoms with Gasteiger partial charge < -0.3 is 44.1 Å². The Hall–Kier alpha value is -9.95. The van der Waals surface area contributed by atoms with E-state index in [1.807, 2.05) is 110 Å². The smallest absolute Gasteiger partial charge is 0.306 e. The lowest BCUT2D eigenvalue weighted by Crippen LogP contribution is -2.28. The second kappa shape index (κ2) is 39.2. The Balaban J connectivity index is 0.000000185. The SMILES string of the molecule is CCO.CCOC(=O)C[C@@H]1CCc2cc(O)cnc21.CCOC(=O)C[C@@H]1CCc2cc(OCc3ccccc3)cnc21.Cl.O=C(O)C[C@@H]1CCc2cc(OCc3ccccc3)cnc21.O=C1NC(=O)C([C@@H]2CCc3cc(O)cnc32)S1.O=C1NC(=O)C([C@@H]2CCc3cc(OCc4ccccc4)cnc32)S1.[HH].[HH]. The van der Waals surface area contributed by atoms with Crippen LogP contribution in [0, 0.1) is 0 Å². The Morgan fingerprint density at radius 2 is 0.762 bits per heavy atom. The van der Waals surface area contributed by atoms with Crippen LogP contribution in [-0.2, 0) is 85.4 Å². The van der Waals surface area contributed by atoms with Crippen LogP contribution in [0.15, 0.2) is 152 Å². The van der Waals surface area contributed by atoms with E-state index < -0.39 is 5.97 Å². The van der Waals surface area contributed by atoms with Gasteiger partial charge in [0, 0.05) is 67.5 Å². The summed E-state index contributed by atoms with van der Waals surface area (Å²) >= 11 is 2.11. The van der Waals surface area contributed by atoms with E-state index in [-0.39, 0.29) is 114 Å². The molecular formula is C79H90ClN7O16S2. The number of carboxylic acids is 1. The molecule has 7 aliphatic rings. The van der Waals surface area contributed by atoms with Crippen molar-refractivity contribution < 1.29 is 80.5 Å². The van der Waals surface area contributed by atoms with E-state index in [4.69, 9.17) is 33.9 Å². The third kappa shape index (κ3) is 22.3. The van der Waals surface area contributed by atoms with Gasteiger partial charge in [-0.1, -0.05) is 115 Å². The number of esters is 2. The topological polar surface area (TPSA) is 335 Å². The van der Waals surface area contributed by atoms with Gasteiger partial charge in [-0.3, -0.25) is 69.1 Å². The maximum atomic E-state index is 11.9. The number of aromatic hydroxyl groups is 2. The largest absolute Gasteiger partial charge is 0.506 e. The number of hydrogen-bond donors (Lipinski definition) is 6. The Morgan fingerprint density at radius 1 is 0.457 bits per heavy atom. The normalized spacial score (nSPS) is 19.2. The standard InChI is InChI=1S/C19H21NO3.C18H16N2O3S.C17H17NO3.C12H15NO3.C11H10N2O3S.C2H6O.ClH.2H2/c1-2-22-18(21)11-16-9-8-15-10-17(12-20-19(15)16)23-13-14-6-4-3-5-7-14;21-17-16(24-18(22)20-17)14-7-6-12-8-13(9-19-15(12)14)23-10-11-4-2-1-3-5-11;19-16(20)9-14-7-6-13-8-15(10-18-17(13)14)21-11-12-4-2-1-3-5-12;1-2-16-11(15)6-9-4-3-8-5-10(14)7-13-12(8)9;14-6-3-5-1-2-7(8(5)12-4-6)9-10(15)13-11(16)17-9;1-2-3;;;/h3-7,10,12,16H,2,8-9,11,13H2,1H3;1-5,8-9,14,16H,6-7,10H2,(H,20,21,22);1-5,8,10,14H,6-7,9,11H2,(H,19,20);5,7,9,14H,2-4,6H2,1H3;3-4,7,9,14H,1-2H2,(H,13,15,16);3H,2H2,1H3;3*1H/t16-;14-,16?;14-;9-;7-,9?;;;;/m01001..../s1. The molecule has 0 saturated carbocycles. The van der Waals surface area contributed by atoms with Gasteiger partial charge in [0.25, 0.3) is 10.5 Å². The number of nitrogens with zero attached hydrogens (tertiary/aromatic N) is 5. The Bertz CT molecular complexity index is 4310. The molecule has 2 saturated heterocycles. The number of aryl methyl sites for hydroxylation is 5. The fourth-order valence-electron chi connectivity index (χ4n) is 13.5. The van der Waals surface area contributed by atoms with Crippen molar-refractivity contribution in [3.05, 3.63) is 225 Å². The van der Waals surface area contributed by atoms with E-state index in [0.29, 0.717) is 45.9 Å². The van der Waals surface area contributed by atoms with E-state index >= 15 is 0 Å². The number of pyridine rings is 5. The number of carbonyl (C=O) groups excluding carboxylic acids is 6. The minimum absolute atomic E-state index is 0. The predicted molar refractivity (Wildman–Crippen MR) is 401 cm³/mol. The number of benzene rings is 3. The van der Waals surface area contributed by atoms with Crippen molar-refractivity contribution >= 4 is 76.1 Å². The average Bonchev–Trinajstić information content (AvgIpc) is 1.65. The van der Waals surface area contributed by atoms with Crippen molar-refractivity contribution in [3.8, 4) is 28.7 Å². The molecule has 0 spiro atoms. The van der Waals surface area contributed by atoms with Crippen LogP contribution in [0.4, 0.5) is 9.59 Å². The Morgan fingerprint density at radius 3 is 1.10 bits per heavy atom. The summed E-state index contributed by atoms with van der Waals surface area (Å²) in [6.45, 7) is 7.96. The van der Waals surface area contributed by atoms with E-state index in [0.717, 1.165) is 172 Å². The zero-order valence-corrected chi connectivity index (χ0v) is 61.0. The molecule has 15 rings (SSSR count). The van der Waals surface area contributed by atoms with Crippen LogP contribution in [-0.4, -0.2) is 116 Å². The lowest BCUT2D eigenvalue weighted by Gasteiger charge is -2.15. The number of amides is 4. The molecule has 5 aromatic heterocycles. The summed E-state index contributed by atoms with van der Waals surface area (Å²) in [6.07, 6.45) is 17.6. The number of imide groups is 2. The van der Waals surface area contributed by atoms with Crippen LogP contribution in [0.5, 0.6) is 28.7 Å². The lowest BCUT2D eigenvalue weighted by molar-refractivity contribution is -0.144. The first-order valence-corrected chi connectivity index (χ1v) is 36.7. The molecular weight excluding hydrogens is 1400 g/mol. The second-order valence-electron chi connectivity index (χ2n) is 25.5. The van der Waals surface area contributed by atoms with Gasteiger partial charge in [0.05, 0.1) is 63.5 Å². The van der Waals surface area contributed by atoms with Crippen LogP contribution < -0.4 is 24.8 Å². The second-order valence-corrected chi connectivity index (χ2v) is 27.7.